The van der Waals surface area contributed by atoms with Crippen LogP contribution in [0.5, 0.6) is 5.75 Å². The van der Waals surface area contributed by atoms with Crippen molar-refractivity contribution < 1.29 is 22.7 Å². The van der Waals surface area contributed by atoms with Crippen LogP contribution in [-0.4, -0.2) is 90.2 Å². The number of aromatic nitrogens is 3. The maximum absolute atomic E-state index is 13.8. The van der Waals surface area contributed by atoms with Gasteiger partial charge in [0, 0.05) is 55.1 Å². The van der Waals surface area contributed by atoms with Gasteiger partial charge in [0.2, 0.25) is 5.95 Å². The standard InChI is InChI=1S/C28H27B3F3N7O2/c1-39(2)11-12-40(3)22-14-23(43-4)20(13-19(22)36-26(42)24(32)25(33)34)38-27-35-10-9-18(37-27)17-15-41(28(29,30)31)21-8-6-5-7-16(17)21/h5-10,13-15H,11-12H2,1-4H3,(H,36,42)(H,35,37,38). The highest BCUT2D eigenvalue weighted by Gasteiger charge is 2.22. The van der Waals surface area contributed by atoms with Gasteiger partial charge in [0.25, 0.3) is 11.7 Å². The van der Waals surface area contributed by atoms with Gasteiger partial charge in [0.1, 0.15) is 5.75 Å². The van der Waals surface area contributed by atoms with Crippen molar-refractivity contribution in [2.75, 3.05) is 56.9 Å². The molecular formula is C28H27B3F3N7O2. The number of hydrogen-bond acceptors (Lipinski definition) is 7. The highest BCUT2D eigenvalue weighted by Crippen LogP contribution is 2.39. The van der Waals surface area contributed by atoms with Gasteiger partial charge in [0.15, 0.2) is 0 Å². The zero-order valence-corrected chi connectivity index (χ0v) is 24.0. The summed E-state index contributed by atoms with van der Waals surface area (Å²) in [7, 11) is 24.9. The van der Waals surface area contributed by atoms with Gasteiger partial charge >= 0.3 is 6.08 Å². The van der Waals surface area contributed by atoms with Gasteiger partial charge in [-0.1, -0.05) is 23.4 Å². The summed E-state index contributed by atoms with van der Waals surface area (Å²) in [5.41, 5.74) is 2.61. The molecular weight excluding hydrogens is 556 g/mol. The molecule has 0 aliphatic rings. The van der Waals surface area contributed by atoms with E-state index in [0.29, 0.717) is 41.3 Å². The number of fused-ring (bicyclic) bond motifs is 1. The van der Waals surface area contributed by atoms with Crippen molar-refractivity contribution in [1.82, 2.24) is 19.4 Å². The predicted molar refractivity (Wildman–Crippen MR) is 165 cm³/mol. The lowest BCUT2D eigenvalue weighted by atomic mass is 9.49. The molecule has 15 heteroatoms. The molecule has 9 nitrogen and oxygen atoms in total. The summed E-state index contributed by atoms with van der Waals surface area (Å²) >= 11 is 0. The molecule has 0 unspecified atom stereocenters. The Labute approximate surface area is 251 Å². The molecule has 2 heterocycles. The van der Waals surface area contributed by atoms with Crippen LogP contribution >= 0.6 is 0 Å². The van der Waals surface area contributed by atoms with E-state index in [1.165, 1.54) is 23.9 Å². The molecule has 0 saturated heterocycles. The first-order chi connectivity index (χ1) is 20.3. The third kappa shape index (κ3) is 7.16. The molecule has 0 aliphatic carbocycles. The number of carbonyl (C=O) groups is 1. The summed E-state index contributed by atoms with van der Waals surface area (Å²) in [6.45, 7) is 1.13. The largest absolute Gasteiger partial charge is 0.494 e. The predicted octanol–water partition coefficient (Wildman–Crippen LogP) is 3.94. The van der Waals surface area contributed by atoms with Crippen LogP contribution in [0, 0.1) is 0 Å². The molecule has 4 rings (SSSR count). The van der Waals surface area contributed by atoms with Crippen LogP contribution in [0.25, 0.3) is 22.2 Å². The maximum atomic E-state index is 13.8. The van der Waals surface area contributed by atoms with E-state index in [0.717, 1.165) is 5.39 Å². The molecule has 0 aliphatic heterocycles. The van der Waals surface area contributed by atoms with Crippen molar-refractivity contribution in [1.29, 1.82) is 0 Å². The lowest BCUT2D eigenvalue weighted by Gasteiger charge is -2.26. The first-order valence-corrected chi connectivity index (χ1v) is 13.0. The lowest BCUT2D eigenvalue weighted by molar-refractivity contribution is -0.114. The average molecular weight is 583 g/mol. The summed E-state index contributed by atoms with van der Waals surface area (Å²) in [5, 5.41) is 4.40. The molecule has 2 N–H and O–H groups in total. The number of ether oxygens (including phenoxy) is 1. The van der Waals surface area contributed by atoms with Crippen molar-refractivity contribution in [2.24, 2.45) is 0 Å². The molecule has 6 radical (unpaired) electrons. The number of hydrogen-bond donors (Lipinski definition) is 2. The second kappa shape index (κ2) is 12.9. The van der Waals surface area contributed by atoms with Crippen LogP contribution < -0.4 is 20.3 Å². The Kier molecular flexibility index (Phi) is 9.44. The molecule has 0 atom stereocenters. The van der Waals surface area contributed by atoms with Gasteiger partial charge in [-0.25, -0.2) is 9.97 Å². The molecule has 0 saturated carbocycles. The Morgan fingerprint density at radius 3 is 2.42 bits per heavy atom. The molecule has 0 fully saturated rings. The Morgan fingerprint density at radius 2 is 1.77 bits per heavy atom. The Hall–Kier alpha value is -4.39. The van der Waals surface area contributed by atoms with Gasteiger partial charge < -0.3 is 29.7 Å². The zero-order chi connectivity index (χ0) is 31.5. The van der Waals surface area contributed by atoms with E-state index < -0.39 is 23.1 Å². The quantitative estimate of drug-likeness (QED) is 0.205. The normalized spacial score (nSPS) is 11.4. The van der Waals surface area contributed by atoms with Crippen molar-refractivity contribution in [3.8, 4) is 17.0 Å². The summed E-state index contributed by atoms with van der Waals surface area (Å²) in [6, 6.07) is 12.1. The van der Waals surface area contributed by atoms with E-state index in [2.05, 4.69) is 20.6 Å². The SMILES string of the molecule is [B]C([B])([B])n1cc(-c2ccnc(Nc3cc(NC(=O)C(F)=C(F)F)c(N(C)CCN(C)C)cc3OC)n2)c2ccccc21. The van der Waals surface area contributed by atoms with E-state index in [4.69, 9.17) is 28.3 Å². The number of rotatable bonds is 11. The van der Waals surface area contributed by atoms with Crippen LogP contribution in [0.4, 0.5) is 36.2 Å². The number of likely N-dealkylation sites (N-methyl/N-ethyl adjacent to an activating group) is 2. The summed E-state index contributed by atoms with van der Waals surface area (Å²) in [4.78, 5) is 24.9. The topological polar surface area (TPSA) is 87.6 Å². The van der Waals surface area contributed by atoms with Gasteiger partial charge in [-0.05, 0) is 32.3 Å². The smallest absolute Gasteiger partial charge is 0.311 e. The van der Waals surface area contributed by atoms with Crippen molar-refractivity contribution >= 4 is 63.4 Å². The Bertz CT molecular complexity index is 1670. The number of anilines is 4. The number of benzene rings is 2. The first-order valence-electron chi connectivity index (χ1n) is 13.0. The zero-order valence-electron chi connectivity index (χ0n) is 24.0. The molecule has 2 aromatic carbocycles. The fraction of sp³-hybridized carbons (Fsp3) is 0.250. The number of amides is 1. The molecule has 2 aromatic heterocycles. The third-order valence-electron chi connectivity index (χ3n) is 6.53. The van der Waals surface area contributed by atoms with Gasteiger partial charge in [-0.15, -0.1) is 0 Å². The monoisotopic (exact) mass is 583 g/mol. The fourth-order valence-corrected chi connectivity index (χ4v) is 4.38. The van der Waals surface area contributed by atoms with Crippen molar-refractivity contribution in [2.45, 2.75) is 5.24 Å². The minimum atomic E-state index is -2.73. The second-order valence-electron chi connectivity index (χ2n) is 10.0. The van der Waals surface area contributed by atoms with Crippen molar-refractivity contribution in [3.63, 3.8) is 0 Å². The maximum Gasteiger partial charge on any atom is 0.311 e. The highest BCUT2D eigenvalue weighted by atomic mass is 19.3. The minimum absolute atomic E-state index is 0.0513. The van der Waals surface area contributed by atoms with E-state index >= 15 is 0 Å². The molecule has 0 bridgehead atoms. The highest BCUT2D eigenvalue weighted by molar-refractivity contribution is 6.57. The average Bonchev–Trinajstić information content (AvgIpc) is 3.36. The number of methoxy groups -OCH3 is 1. The minimum Gasteiger partial charge on any atom is -0.494 e. The first kappa shape index (κ1) is 31.5. The number of halogens is 3. The Morgan fingerprint density at radius 1 is 1.05 bits per heavy atom. The van der Waals surface area contributed by atoms with Gasteiger partial charge in [-0.3, -0.25) is 4.79 Å². The summed E-state index contributed by atoms with van der Waals surface area (Å²) in [5.74, 6) is -3.32. The Balaban J connectivity index is 1.76. The fourth-order valence-electron chi connectivity index (χ4n) is 4.38. The van der Waals surface area contributed by atoms with Crippen LogP contribution in [-0.2, 0) is 10.0 Å². The van der Waals surface area contributed by atoms with Crippen LogP contribution in [0.3, 0.4) is 0 Å². The lowest BCUT2D eigenvalue weighted by Crippen LogP contribution is -2.34. The second-order valence-corrected chi connectivity index (χ2v) is 10.0. The van der Waals surface area contributed by atoms with Crippen LogP contribution in [0.15, 0.2) is 66.8 Å². The van der Waals surface area contributed by atoms with E-state index in [9.17, 15) is 18.0 Å². The molecule has 1 amide bonds. The van der Waals surface area contributed by atoms with Gasteiger partial charge in [0.05, 0.1) is 53.4 Å². The molecule has 4 aromatic rings. The number of carbonyl (C=O) groups excluding carboxylic acids is 1. The summed E-state index contributed by atoms with van der Waals surface area (Å²) in [6.07, 6.45) is 0.491. The summed E-state index contributed by atoms with van der Waals surface area (Å²) < 4.78 is 46.6. The number of nitrogens with one attached hydrogen (secondary N) is 2. The van der Waals surface area contributed by atoms with E-state index in [-0.39, 0.29) is 17.3 Å². The van der Waals surface area contributed by atoms with Crippen molar-refractivity contribution in [3.05, 3.63) is 66.8 Å². The van der Waals surface area contributed by atoms with Crippen LogP contribution in [0.1, 0.15) is 0 Å². The third-order valence-corrected chi connectivity index (χ3v) is 6.53. The number of nitrogens with zero attached hydrogens (tertiary/aromatic N) is 5. The molecule has 216 valence electrons. The molecule has 43 heavy (non-hydrogen) atoms. The van der Waals surface area contributed by atoms with E-state index in [1.54, 1.807) is 30.3 Å². The molecule has 0 spiro atoms. The van der Waals surface area contributed by atoms with E-state index in [1.807, 2.05) is 43.3 Å². The van der Waals surface area contributed by atoms with Gasteiger partial charge in [-0.2, -0.15) is 13.2 Å². The number of para-hydroxylation sites is 1. The van der Waals surface area contributed by atoms with Crippen LogP contribution in [0.2, 0.25) is 0 Å².